The van der Waals surface area contributed by atoms with Gasteiger partial charge in [-0.15, -0.1) is 0 Å². The molecule has 0 saturated carbocycles. The maximum Gasteiger partial charge on any atom is 0.341 e. The lowest BCUT2D eigenvalue weighted by atomic mass is 10.2. The van der Waals surface area contributed by atoms with Crippen LogP contribution >= 0.6 is 0 Å². The molecule has 0 unspecified atom stereocenters. The molecule has 142 valence electrons. The van der Waals surface area contributed by atoms with Gasteiger partial charge >= 0.3 is 5.97 Å². The van der Waals surface area contributed by atoms with Crippen molar-refractivity contribution in [2.45, 2.75) is 20.0 Å². The molecule has 7 nitrogen and oxygen atoms in total. The van der Waals surface area contributed by atoms with Crippen LogP contribution in [0.1, 0.15) is 28.8 Å². The number of carbonyl (C=O) groups excluding carboxylic acids is 1. The standard InChI is InChI=1S/C19H22FN5O2/c1-4-27-19(26)16-11-22-25(15-7-5-6-14(20)10-15)17(16)12-23(2)13-18-21-8-9-24(18)3/h5-11H,4,12-13H2,1-3H3. The van der Waals surface area contributed by atoms with Crippen LogP contribution in [0.4, 0.5) is 4.39 Å². The average molecular weight is 371 g/mol. The number of ether oxygens (including phenoxy) is 1. The Morgan fingerprint density at radius 1 is 1.33 bits per heavy atom. The van der Waals surface area contributed by atoms with Gasteiger partial charge in [-0.25, -0.2) is 18.9 Å². The Hall–Kier alpha value is -3.00. The molecule has 0 bridgehead atoms. The molecule has 0 aliphatic carbocycles. The molecule has 1 aromatic carbocycles. The Morgan fingerprint density at radius 2 is 2.15 bits per heavy atom. The number of hydrogen-bond donors (Lipinski definition) is 0. The van der Waals surface area contributed by atoms with E-state index in [1.807, 2.05) is 29.8 Å². The van der Waals surface area contributed by atoms with Crippen molar-refractivity contribution in [2.24, 2.45) is 7.05 Å². The predicted octanol–water partition coefficient (Wildman–Crippen LogP) is 2.55. The molecular weight excluding hydrogens is 349 g/mol. The van der Waals surface area contributed by atoms with Crippen LogP contribution in [0.15, 0.2) is 42.9 Å². The summed E-state index contributed by atoms with van der Waals surface area (Å²) in [6, 6.07) is 6.10. The van der Waals surface area contributed by atoms with Gasteiger partial charge in [0.25, 0.3) is 0 Å². The number of hydrogen-bond acceptors (Lipinski definition) is 5. The van der Waals surface area contributed by atoms with Crippen molar-refractivity contribution in [1.82, 2.24) is 24.2 Å². The molecule has 2 heterocycles. The van der Waals surface area contributed by atoms with Gasteiger partial charge < -0.3 is 9.30 Å². The number of rotatable bonds is 7. The summed E-state index contributed by atoms with van der Waals surface area (Å²) in [4.78, 5) is 18.7. The molecule has 0 amide bonds. The first-order valence-electron chi connectivity index (χ1n) is 8.64. The third kappa shape index (κ3) is 4.22. The molecule has 0 spiro atoms. The molecule has 27 heavy (non-hydrogen) atoms. The number of aromatic nitrogens is 4. The van der Waals surface area contributed by atoms with Crippen LogP contribution in [0, 0.1) is 5.82 Å². The van der Waals surface area contributed by atoms with Gasteiger partial charge in [0.1, 0.15) is 17.2 Å². The summed E-state index contributed by atoms with van der Waals surface area (Å²) in [5.41, 5.74) is 1.55. The van der Waals surface area contributed by atoms with Gasteiger partial charge in [0, 0.05) is 26.0 Å². The summed E-state index contributed by atoms with van der Waals surface area (Å²) in [6.07, 6.45) is 5.08. The van der Waals surface area contributed by atoms with Crippen molar-refractivity contribution in [2.75, 3.05) is 13.7 Å². The molecule has 2 aromatic heterocycles. The molecule has 0 saturated heterocycles. The van der Waals surface area contributed by atoms with Crippen molar-refractivity contribution in [3.63, 3.8) is 0 Å². The van der Waals surface area contributed by atoms with Crippen LogP contribution in [0.25, 0.3) is 5.69 Å². The summed E-state index contributed by atoms with van der Waals surface area (Å²) < 4.78 is 22.3. The highest BCUT2D eigenvalue weighted by atomic mass is 19.1. The first-order chi connectivity index (χ1) is 13.0. The zero-order chi connectivity index (χ0) is 19.4. The van der Waals surface area contributed by atoms with E-state index in [0.29, 0.717) is 30.0 Å². The van der Waals surface area contributed by atoms with Gasteiger partial charge in [-0.05, 0) is 32.2 Å². The first-order valence-corrected chi connectivity index (χ1v) is 8.64. The lowest BCUT2D eigenvalue weighted by molar-refractivity contribution is 0.0524. The smallest absolute Gasteiger partial charge is 0.341 e. The van der Waals surface area contributed by atoms with Crippen molar-refractivity contribution in [1.29, 1.82) is 0 Å². The summed E-state index contributed by atoms with van der Waals surface area (Å²) >= 11 is 0. The average Bonchev–Trinajstić information content (AvgIpc) is 3.22. The summed E-state index contributed by atoms with van der Waals surface area (Å²) in [7, 11) is 3.85. The largest absolute Gasteiger partial charge is 0.462 e. The molecule has 8 heteroatoms. The number of esters is 1. The summed E-state index contributed by atoms with van der Waals surface area (Å²) in [5.74, 6) is 0.0838. The summed E-state index contributed by atoms with van der Waals surface area (Å²) in [5, 5.41) is 4.30. The van der Waals surface area contributed by atoms with Gasteiger partial charge in [-0.1, -0.05) is 6.07 Å². The van der Waals surface area contributed by atoms with E-state index in [-0.39, 0.29) is 12.4 Å². The van der Waals surface area contributed by atoms with E-state index in [1.54, 1.807) is 29.9 Å². The molecule has 3 rings (SSSR count). The van der Waals surface area contributed by atoms with Crippen LogP contribution < -0.4 is 0 Å². The molecule has 0 atom stereocenters. The monoisotopic (exact) mass is 371 g/mol. The van der Waals surface area contributed by atoms with Gasteiger partial charge in [0.05, 0.1) is 30.7 Å². The second-order valence-corrected chi connectivity index (χ2v) is 6.24. The Morgan fingerprint density at radius 3 is 2.81 bits per heavy atom. The molecule has 0 N–H and O–H groups in total. The second-order valence-electron chi connectivity index (χ2n) is 6.24. The maximum absolute atomic E-state index is 13.7. The van der Waals surface area contributed by atoms with Crippen LogP contribution in [0.5, 0.6) is 0 Å². The van der Waals surface area contributed by atoms with Crippen LogP contribution in [-0.2, 0) is 24.9 Å². The van der Waals surface area contributed by atoms with Crippen LogP contribution in [0.2, 0.25) is 0 Å². The van der Waals surface area contributed by atoms with Crippen molar-refractivity contribution in [3.8, 4) is 5.69 Å². The number of benzene rings is 1. The number of aryl methyl sites for hydroxylation is 1. The minimum atomic E-state index is -0.444. The SMILES string of the molecule is CCOC(=O)c1cnn(-c2cccc(F)c2)c1CN(C)Cc1nccn1C. The fourth-order valence-electron chi connectivity index (χ4n) is 2.84. The predicted molar refractivity (Wildman–Crippen MR) is 97.9 cm³/mol. The molecular formula is C19H22FN5O2. The lowest BCUT2D eigenvalue weighted by Gasteiger charge is -2.18. The second kappa shape index (κ2) is 8.13. The first kappa shape index (κ1) is 18.8. The zero-order valence-electron chi connectivity index (χ0n) is 15.6. The van der Waals surface area contributed by atoms with E-state index in [2.05, 4.69) is 10.1 Å². The van der Waals surface area contributed by atoms with Crippen LogP contribution in [0.3, 0.4) is 0 Å². The third-order valence-electron chi connectivity index (χ3n) is 4.17. The van der Waals surface area contributed by atoms with E-state index in [0.717, 1.165) is 5.82 Å². The Balaban J connectivity index is 1.93. The fraction of sp³-hybridized carbons (Fsp3) is 0.316. The number of nitrogens with zero attached hydrogens (tertiary/aromatic N) is 5. The van der Waals surface area contributed by atoms with E-state index in [4.69, 9.17) is 4.74 Å². The zero-order valence-corrected chi connectivity index (χ0v) is 15.6. The molecule has 0 radical (unpaired) electrons. The topological polar surface area (TPSA) is 65.2 Å². The van der Waals surface area contributed by atoms with E-state index in [1.165, 1.54) is 18.3 Å². The molecule has 0 aliphatic rings. The van der Waals surface area contributed by atoms with Crippen molar-refractivity contribution < 1.29 is 13.9 Å². The molecule has 3 aromatic rings. The third-order valence-corrected chi connectivity index (χ3v) is 4.17. The highest BCUT2D eigenvalue weighted by Gasteiger charge is 2.21. The van der Waals surface area contributed by atoms with Gasteiger partial charge in [-0.3, -0.25) is 4.90 Å². The fourth-order valence-corrected chi connectivity index (χ4v) is 2.84. The summed E-state index contributed by atoms with van der Waals surface area (Å²) in [6.45, 7) is 3.02. The normalized spacial score (nSPS) is 11.1. The Bertz CT molecular complexity index is 934. The lowest BCUT2D eigenvalue weighted by Crippen LogP contribution is -2.23. The molecule has 0 aliphatic heterocycles. The van der Waals surface area contributed by atoms with E-state index >= 15 is 0 Å². The maximum atomic E-state index is 13.7. The Labute approximate surface area is 157 Å². The van der Waals surface area contributed by atoms with E-state index in [9.17, 15) is 9.18 Å². The van der Waals surface area contributed by atoms with Crippen molar-refractivity contribution >= 4 is 5.97 Å². The number of imidazole rings is 1. The highest BCUT2D eigenvalue weighted by molar-refractivity contribution is 5.90. The van der Waals surface area contributed by atoms with E-state index < -0.39 is 5.97 Å². The van der Waals surface area contributed by atoms with Gasteiger partial charge in [0.15, 0.2) is 0 Å². The number of carbonyl (C=O) groups is 1. The van der Waals surface area contributed by atoms with Crippen molar-refractivity contribution in [3.05, 3.63) is 65.8 Å². The Kier molecular flexibility index (Phi) is 5.66. The van der Waals surface area contributed by atoms with Gasteiger partial charge in [-0.2, -0.15) is 5.10 Å². The van der Waals surface area contributed by atoms with Crippen LogP contribution in [-0.4, -0.2) is 43.9 Å². The number of halogens is 1. The highest BCUT2D eigenvalue weighted by Crippen LogP contribution is 2.19. The minimum Gasteiger partial charge on any atom is -0.462 e. The molecule has 0 fully saturated rings. The minimum absolute atomic E-state index is 0.270. The quantitative estimate of drug-likeness (QED) is 0.597. The van der Waals surface area contributed by atoms with Gasteiger partial charge in [0.2, 0.25) is 0 Å².